The molecule has 1 aliphatic heterocycles. The van der Waals surface area contributed by atoms with Gasteiger partial charge in [0.1, 0.15) is 12.3 Å². The summed E-state index contributed by atoms with van der Waals surface area (Å²) >= 11 is 6.00. The first-order valence-electron chi connectivity index (χ1n) is 7.10. The molecule has 0 saturated carbocycles. The number of methoxy groups -OCH3 is 1. The minimum Gasteiger partial charge on any atom is -0.495 e. The van der Waals surface area contributed by atoms with Crippen LogP contribution in [0, 0.1) is 0 Å². The highest BCUT2D eigenvalue weighted by atomic mass is 35.5. The SMILES string of the molecule is COc1ccc(NC(=O)CN2C(=O)c3ccccc3C2=O)cc1Cl. The number of rotatable bonds is 4. The number of halogens is 1. The second-order valence-electron chi connectivity index (χ2n) is 5.14. The lowest BCUT2D eigenvalue weighted by atomic mass is 10.1. The first-order valence-corrected chi connectivity index (χ1v) is 7.47. The summed E-state index contributed by atoms with van der Waals surface area (Å²) < 4.78 is 5.03. The highest BCUT2D eigenvalue weighted by Crippen LogP contribution is 2.27. The second-order valence-corrected chi connectivity index (χ2v) is 5.55. The van der Waals surface area contributed by atoms with Crippen molar-refractivity contribution in [3.8, 4) is 5.75 Å². The number of carbonyl (C=O) groups excluding carboxylic acids is 3. The Morgan fingerprint density at radius 3 is 2.29 bits per heavy atom. The molecule has 2 aromatic carbocycles. The maximum Gasteiger partial charge on any atom is 0.262 e. The standard InChI is InChI=1S/C17H13ClN2O4/c1-24-14-7-6-10(8-13(14)18)19-15(21)9-20-16(22)11-4-2-3-5-12(11)17(20)23/h2-8H,9H2,1H3,(H,19,21). The predicted molar refractivity (Wildman–Crippen MR) is 88.4 cm³/mol. The normalized spacial score (nSPS) is 13.0. The molecule has 1 heterocycles. The predicted octanol–water partition coefficient (Wildman–Crippen LogP) is 2.58. The molecule has 0 radical (unpaired) electrons. The number of fused-ring (bicyclic) bond motifs is 1. The van der Waals surface area contributed by atoms with Crippen molar-refractivity contribution in [2.24, 2.45) is 0 Å². The summed E-state index contributed by atoms with van der Waals surface area (Å²) in [6.07, 6.45) is 0. The lowest BCUT2D eigenvalue weighted by Crippen LogP contribution is -2.37. The molecule has 0 aromatic heterocycles. The number of anilines is 1. The minimum absolute atomic E-state index is 0.308. The summed E-state index contributed by atoms with van der Waals surface area (Å²) in [5.74, 6) is -0.960. The average molecular weight is 345 g/mol. The number of nitrogens with one attached hydrogen (secondary N) is 1. The summed E-state index contributed by atoms with van der Waals surface area (Å²) in [4.78, 5) is 37.5. The molecule has 6 nitrogen and oxygen atoms in total. The zero-order valence-corrected chi connectivity index (χ0v) is 13.5. The Hall–Kier alpha value is -2.86. The Morgan fingerprint density at radius 2 is 1.75 bits per heavy atom. The fourth-order valence-electron chi connectivity index (χ4n) is 2.47. The molecular weight excluding hydrogens is 332 g/mol. The van der Waals surface area contributed by atoms with Crippen molar-refractivity contribution in [1.29, 1.82) is 0 Å². The number of benzene rings is 2. The van der Waals surface area contributed by atoms with Gasteiger partial charge in [-0.2, -0.15) is 0 Å². The highest BCUT2D eigenvalue weighted by molar-refractivity contribution is 6.32. The van der Waals surface area contributed by atoms with E-state index in [4.69, 9.17) is 16.3 Å². The maximum atomic E-state index is 12.2. The van der Waals surface area contributed by atoms with E-state index in [1.165, 1.54) is 13.2 Å². The van der Waals surface area contributed by atoms with Gasteiger partial charge >= 0.3 is 0 Å². The van der Waals surface area contributed by atoms with Gasteiger partial charge < -0.3 is 10.1 Å². The van der Waals surface area contributed by atoms with Crippen molar-refractivity contribution in [2.75, 3.05) is 19.0 Å². The average Bonchev–Trinajstić information content (AvgIpc) is 2.80. The summed E-state index contributed by atoms with van der Waals surface area (Å²) in [5.41, 5.74) is 1.06. The third-order valence-corrected chi connectivity index (χ3v) is 3.91. The zero-order chi connectivity index (χ0) is 17.3. The number of amides is 3. The largest absolute Gasteiger partial charge is 0.495 e. The third kappa shape index (κ3) is 2.83. The monoisotopic (exact) mass is 344 g/mol. The van der Waals surface area contributed by atoms with E-state index in [0.717, 1.165) is 4.90 Å². The van der Waals surface area contributed by atoms with Crippen LogP contribution in [0.25, 0.3) is 0 Å². The molecule has 0 aliphatic carbocycles. The Balaban J connectivity index is 1.71. The summed E-state index contributed by atoms with van der Waals surface area (Å²) in [5, 5.41) is 2.95. The Bertz CT molecular complexity index is 815. The molecule has 2 aromatic rings. The number of nitrogens with zero attached hydrogens (tertiary/aromatic N) is 1. The number of hydrogen-bond acceptors (Lipinski definition) is 4. The van der Waals surface area contributed by atoms with E-state index in [0.29, 0.717) is 27.6 Å². The van der Waals surface area contributed by atoms with Crippen molar-refractivity contribution >= 4 is 35.0 Å². The Kier molecular flexibility index (Phi) is 4.22. The summed E-state index contributed by atoms with van der Waals surface area (Å²) in [6.45, 7) is -0.365. The molecule has 24 heavy (non-hydrogen) atoms. The van der Waals surface area contributed by atoms with E-state index < -0.39 is 17.7 Å². The van der Waals surface area contributed by atoms with Crippen LogP contribution >= 0.6 is 11.6 Å². The lowest BCUT2D eigenvalue weighted by molar-refractivity contribution is -0.116. The second kappa shape index (κ2) is 6.33. The fourth-order valence-corrected chi connectivity index (χ4v) is 2.73. The molecule has 0 bridgehead atoms. The maximum absolute atomic E-state index is 12.2. The third-order valence-electron chi connectivity index (χ3n) is 3.62. The zero-order valence-electron chi connectivity index (χ0n) is 12.7. The number of imide groups is 1. The van der Waals surface area contributed by atoms with Crippen molar-refractivity contribution < 1.29 is 19.1 Å². The van der Waals surface area contributed by atoms with Gasteiger partial charge in [0, 0.05) is 5.69 Å². The van der Waals surface area contributed by atoms with Crippen LogP contribution in [-0.4, -0.2) is 36.3 Å². The van der Waals surface area contributed by atoms with Gasteiger partial charge in [0.15, 0.2) is 0 Å². The van der Waals surface area contributed by atoms with Crippen LogP contribution in [0.4, 0.5) is 5.69 Å². The molecule has 3 amide bonds. The lowest BCUT2D eigenvalue weighted by Gasteiger charge is -2.14. The molecule has 0 saturated heterocycles. The van der Waals surface area contributed by atoms with E-state index >= 15 is 0 Å². The number of ether oxygens (including phenoxy) is 1. The van der Waals surface area contributed by atoms with E-state index in [2.05, 4.69) is 5.32 Å². The molecule has 1 N–H and O–H groups in total. The van der Waals surface area contributed by atoms with Gasteiger partial charge in [-0.3, -0.25) is 19.3 Å². The van der Waals surface area contributed by atoms with Gasteiger partial charge in [0.2, 0.25) is 5.91 Å². The van der Waals surface area contributed by atoms with Crippen molar-refractivity contribution in [1.82, 2.24) is 4.90 Å². The van der Waals surface area contributed by atoms with Gasteiger partial charge in [0.05, 0.1) is 23.3 Å². The van der Waals surface area contributed by atoms with Crippen LogP contribution in [-0.2, 0) is 4.79 Å². The smallest absolute Gasteiger partial charge is 0.262 e. The van der Waals surface area contributed by atoms with Crippen molar-refractivity contribution in [3.63, 3.8) is 0 Å². The van der Waals surface area contributed by atoms with Crippen molar-refractivity contribution in [2.45, 2.75) is 0 Å². The topological polar surface area (TPSA) is 75.7 Å². The van der Waals surface area contributed by atoms with Crippen LogP contribution in [0.5, 0.6) is 5.75 Å². The Morgan fingerprint density at radius 1 is 1.12 bits per heavy atom. The molecular formula is C17H13ClN2O4. The van der Waals surface area contributed by atoms with Gasteiger partial charge in [0.25, 0.3) is 11.8 Å². The van der Waals surface area contributed by atoms with E-state index in [1.54, 1.807) is 36.4 Å². The molecule has 0 fully saturated rings. The fraction of sp³-hybridized carbons (Fsp3) is 0.118. The van der Waals surface area contributed by atoms with E-state index in [-0.39, 0.29) is 6.54 Å². The number of hydrogen-bond donors (Lipinski definition) is 1. The molecule has 0 unspecified atom stereocenters. The van der Waals surface area contributed by atoms with Gasteiger partial charge in [-0.05, 0) is 30.3 Å². The molecule has 122 valence electrons. The summed E-state index contributed by atoms with van der Waals surface area (Å²) in [6, 6.07) is 11.2. The van der Waals surface area contributed by atoms with Gasteiger partial charge in [-0.25, -0.2) is 0 Å². The molecule has 0 spiro atoms. The van der Waals surface area contributed by atoms with Gasteiger partial charge in [-0.15, -0.1) is 0 Å². The number of carbonyl (C=O) groups is 3. The highest BCUT2D eigenvalue weighted by Gasteiger charge is 2.36. The first kappa shape index (κ1) is 16.0. The molecule has 1 aliphatic rings. The van der Waals surface area contributed by atoms with Crippen LogP contribution < -0.4 is 10.1 Å². The van der Waals surface area contributed by atoms with Crippen molar-refractivity contribution in [3.05, 3.63) is 58.6 Å². The molecule has 7 heteroatoms. The molecule has 0 atom stereocenters. The van der Waals surface area contributed by atoms with E-state index in [9.17, 15) is 14.4 Å². The van der Waals surface area contributed by atoms with Crippen LogP contribution in [0.1, 0.15) is 20.7 Å². The quantitative estimate of drug-likeness (QED) is 0.865. The molecule has 3 rings (SSSR count). The van der Waals surface area contributed by atoms with Crippen LogP contribution in [0.2, 0.25) is 5.02 Å². The summed E-state index contributed by atoms with van der Waals surface area (Å²) in [7, 11) is 1.49. The Labute approximate surface area is 143 Å². The van der Waals surface area contributed by atoms with E-state index in [1.807, 2.05) is 0 Å². The van der Waals surface area contributed by atoms with Crippen LogP contribution in [0.15, 0.2) is 42.5 Å². The van der Waals surface area contributed by atoms with Crippen LogP contribution in [0.3, 0.4) is 0 Å². The first-order chi connectivity index (χ1) is 11.5. The minimum atomic E-state index is -0.495. The van der Waals surface area contributed by atoms with Gasteiger partial charge in [-0.1, -0.05) is 23.7 Å².